The molecule has 1 saturated carbocycles. The number of benzene rings is 3. The minimum atomic E-state index is -0.446. The molecule has 0 unspecified atom stereocenters. The Kier molecular flexibility index (Phi) is 8.24. The zero-order chi connectivity index (χ0) is 25.6. The molecule has 1 heterocycles. The van der Waals surface area contributed by atoms with Gasteiger partial charge in [0.05, 0.1) is 20.3 Å². The lowest BCUT2D eigenvalue weighted by Gasteiger charge is -2.31. The zero-order valence-corrected chi connectivity index (χ0v) is 21.7. The molecule has 0 spiro atoms. The Labute approximate surface area is 218 Å². The van der Waals surface area contributed by atoms with Crippen LogP contribution in [0.5, 0.6) is 11.5 Å². The molecule has 1 aliphatic carbocycles. The van der Waals surface area contributed by atoms with E-state index in [1.54, 1.807) is 14.2 Å². The van der Waals surface area contributed by atoms with Gasteiger partial charge < -0.3 is 29.2 Å². The van der Waals surface area contributed by atoms with Gasteiger partial charge in [-0.2, -0.15) is 0 Å². The van der Waals surface area contributed by atoms with Gasteiger partial charge in [-0.15, -0.1) is 0 Å². The third-order valence-corrected chi connectivity index (χ3v) is 7.03. The Morgan fingerprint density at radius 1 is 1.03 bits per heavy atom. The summed E-state index contributed by atoms with van der Waals surface area (Å²) in [4.78, 5) is 15.6. The maximum absolute atomic E-state index is 13.6. The van der Waals surface area contributed by atoms with Gasteiger partial charge >= 0.3 is 0 Å². The van der Waals surface area contributed by atoms with Crippen LogP contribution in [0.3, 0.4) is 0 Å². The van der Waals surface area contributed by atoms with Gasteiger partial charge in [0.2, 0.25) is 0 Å². The van der Waals surface area contributed by atoms with E-state index >= 15 is 0 Å². The number of fused-ring (bicyclic) bond motifs is 1. The quantitative estimate of drug-likeness (QED) is 0.390. The van der Waals surface area contributed by atoms with E-state index in [4.69, 9.17) is 18.9 Å². The van der Waals surface area contributed by atoms with Crippen molar-refractivity contribution in [3.8, 4) is 22.6 Å². The summed E-state index contributed by atoms with van der Waals surface area (Å²) in [5.74, 6) is 1.40. The van der Waals surface area contributed by atoms with Gasteiger partial charge in [-0.3, -0.25) is 4.79 Å². The van der Waals surface area contributed by atoms with E-state index in [0.29, 0.717) is 44.4 Å². The second kappa shape index (κ2) is 11.9. The van der Waals surface area contributed by atoms with E-state index in [1.165, 1.54) is 5.39 Å². The fourth-order valence-corrected chi connectivity index (χ4v) is 4.97. The summed E-state index contributed by atoms with van der Waals surface area (Å²) in [6.07, 6.45) is 2.37. The first-order chi connectivity index (χ1) is 18.2. The molecular formula is C30H36N2O5. The number of ether oxygens (including phenoxy) is 4. The lowest BCUT2D eigenvalue weighted by atomic mass is 9.93. The van der Waals surface area contributed by atoms with Crippen LogP contribution >= 0.6 is 0 Å². The SMILES string of the molecule is COCCCOc1cc(CN(C(=O)[C@H]2CNCCO2)C2CC2)c(-c2cccc3ccccc23)cc1OC. The normalized spacial score (nSPS) is 17.5. The minimum Gasteiger partial charge on any atom is -0.493 e. The highest BCUT2D eigenvalue weighted by Crippen LogP contribution is 2.40. The van der Waals surface area contributed by atoms with Crippen LogP contribution in [0.25, 0.3) is 21.9 Å². The Balaban J connectivity index is 1.55. The molecule has 1 aliphatic heterocycles. The van der Waals surface area contributed by atoms with Crippen LogP contribution in [0.2, 0.25) is 0 Å². The number of rotatable bonds is 11. The zero-order valence-electron chi connectivity index (χ0n) is 21.7. The summed E-state index contributed by atoms with van der Waals surface area (Å²) in [5.41, 5.74) is 3.18. The van der Waals surface area contributed by atoms with Crippen molar-refractivity contribution in [1.82, 2.24) is 10.2 Å². The Morgan fingerprint density at radius 3 is 2.62 bits per heavy atom. The van der Waals surface area contributed by atoms with Gasteiger partial charge in [-0.1, -0.05) is 42.5 Å². The van der Waals surface area contributed by atoms with Gasteiger partial charge in [0.25, 0.3) is 5.91 Å². The fourth-order valence-electron chi connectivity index (χ4n) is 4.97. The lowest BCUT2D eigenvalue weighted by Crippen LogP contribution is -2.49. The summed E-state index contributed by atoms with van der Waals surface area (Å²) in [6.45, 7) is 3.51. The second-order valence-electron chi connectivity index (χ2n) is 9.64. The molecule has 3 aromatic rings. The number of hydrogen-bond donors (Lipinski definition) is 1. The van der Waals surface area contributed by atoms with Gasteiger partial charge in [0, 0.05) is 45.8 Å². The van der Waals surface area contributed by atoms with Crippen molar-refractivity contribution in [2.24, 2.45) is 0 Å². The van der Waals surface area contributed by atoms with Crippen LogP contribution in [0.15, 0.2) is 54.6 Å². The topological polar surface area (TPSA) is 69.3 Å². The van der Waals surface area contributed by atoms with Gasteiger partial charge in [0.1, 0.15) is 6.10 Å². The summed E-state index contributed by atoms with van der Waals surface area (Å²) < 4.78 is 22.9. The first-order valence-corrected chi connectivity index (χ1v) is 13.1. The molecule has 1 atom stereocenters. The predicted octanol–water partition coefficient (Wildman–Crippen LogP) is 4.41. The van der Waals surface area contributed by atoms with Crippen LogP contribution in [0, 0.1) is 0 Å². The summed E-state index contributed by atoms with van der Waals surface area (Å²) in [6, 6.07) is 19.0. The van der Waals surface area contributed by atoms with Gasteiger partial charge in [0.15, 0.2) is 11.5 Å². The standard InChI is InChI=1S/C30H36N2O5/c1-34-14-6-15-36-28-17-22(20-32(23-11-12-23)30(33)29-19-31-13-16-37-29)26(18-27(28)35-2)25-10-5-8-21-7-3-4-9-24(21)25/h3-5,7-10,17-18,23,29,31H,6,11-16,19-20H2,1-2H3/t29-/m1/s1. The first kappa shape index (κ1) is 25.5. The molecule has 7 nitrogen and oxygen atoms in total. The molecule has 0 radical (unpaired) electrons. The number of methoxy groups -OCH3 is 2. The Morgan fingerprint density at radius 2 is 1.86 bits per heavy atom. The van der Waals surface area contributed by atoms with E-state index in [2.05, 4.69) is 53.8 Å². The van der Waals surface area contributed by atoms with E-state index in [0.717, 1.165) is 47.9 Å². The van der Waals surface area contributed by atoms with Crippen molar-refractivity contribution in [3.63, 3.8) is 0 Å². The summed E-state index contributed by atoms with van der Waals surface area (Å²) >= 11 is 0. The molecule has 37 heavy (non-hydrogen) atoms. The molecule has 1 N–H and O–H groups in total. The van der Waals surface area contributed by atoms with E-state index in [1.807, 2.05) is 11.0 Å². The van der Waals surface area contributed by atoms with Crippen molar-refractivity contribution < 1.29 is 23.7 Å². The van der Waals surface area contributed by atoms with Crippen LogP contribution < -0.4 is 14.8 Å². The Bertz CT molecular complexity index is 1210. The van der Waals surface area contributed by atoms with Crippen molar-refractivity contribution >= 4 is 16.7 Å². The highest BCUT2D eigenvalue weighted by molar-refractivity contribution is 5.97. The molecule has 1 amide bonds. The van der Waals surface area contributed by atoms with Gasteiger partial charge in [-0.05, 0) is 52.4 Å². The average Bonchev–Trinajstić information content (AvgIpc) is 3.79. The minimum absolute atomic E-state index is 0.0527. The summed E-state index contributed by atoms with van der Waals surface area (Å²) in [5, 5.41) is 5.62. The number of carbonyl (C=O) groups is 1. The largest absolute Gasteiger partial charge is 0.493 e. The fraction of sp³-hybridized carbons (Fsp3) is 0.433. The monoisotopic (exact) mass is 504 g/mol. The van der Waals surface area contributed by atoms with Crippen molar-refractivity contribution in [3.05, 3.63) is 60.2 Å². The average molecular weight is 505 g/mol. The number of hydrogen-bond acceptors (Lipinski definition) is 6. The lowest BCUT2D eigenvalue weighted by molar-refractivity contribution is -0.146. The first-order valence-electron chi connectivity index (χ1n) is 13.1. The molecule has 0 aromatic heterocycles. The van der Waals surface area contributed by atoms with Crippen LogP contribution in [-0.4, -0.2) is 70.1 Å². The number of nitrogens with zero attached hydrogens (tertiary/aromatic N) is 1. The van der Waals surface area contributed by atoms with Crippen LogP contribution in [0.4, 0.5) is 0 Å². The highest BCUT2D eigenvalue weighted by atomic mass is 16.5. The number of carbonyl (C=O) groups excluding carboxylic acids is 1. The molecule has 5 rings (SSSR count). The molecular weight excluding hydrogens is 468 g/mol. The van der Waals surface area contributed by atoms with Crippen LogP contribution in [0.1, 0.15) is 24.8 Å². The summed E-state index contributed by atoms with van der Waals surface area (Å²) in [7, 11) is 3.35. The van der Waals surface area contributed by atoms with Gasteiger partial charge in [-0.25, -0.2) is 0 Å². The Hall–Kier alpha value is -3.13. The molecule has 0 bridgehead atoms. The van der Waals surface area contributed by atoms with Crippen LogP contribution in [-0.2, 0) is 20.8 Å². The maximum atomic E-state index is 13.6. The highest BCUT2D eigenvalue weighted by Gasteiger charge is 2.37. The second-order valence-corrected chi connectivity index (χ2v) is 9.64. The van der Waals surface area contributed by atoms with E-state index in [9.17, 15) is 4.79 Å². The number of morpholine rings is 1. The molecule has 2 aliphatic rings. The van der Waals surface area contributed by atoms with Crippen molar-refractivity contribution in [2.75, 3.05) is 47.1 Å². The molecule has 7 heteroatoms. The number of nitrogens with one attached hydrogen (secondary N) is 1. The third-order valence-electron chi connectivity index (χ3n) is 7.03. The number of amides is 1. The third kappa shape index (κ3) is 5.90. The van der Waals surface area contributed by atoms with Crippen molar-refractivity contribution in [1.29, 1.82) is 0 Å². The maximum Gasteiger partial charge on any atom is 0.253 e. The molecule has 3 aromatic carbocycles. The van der Waals surface area contributed by atoms with E-state index in [-0.39, 0.29) is 11.9 Å². The smallest absolute Gasteiger partial charge is 0.253 e. The van der Waals surface area contributed by atoms with Crippen molar-refractivity contribution in [2.45, 2.75) is 38.0 Å². The molecule has 2 fully saturated rings. The molecule has 1 saturated heterocycles. The van der Waals surface area contributed by atoms with E-state index < -0.39 is 6.10 Å². The predicted molar refractivity (Wildman–Crippen MR) is 144 cm³/mol. The molecule has 196 valence electrons.